The number of carbonyl (C=O) groups excluding carboxylic acids is 1. The second-order valence-corrected chi connectivity index (χ2v) is 6.47. The van der Waals surface area contributed by atoms with Crippen LogP contribution in [0.25, 0.3) is 10.8 Å². The average Bonchev–Trinajstić information content (AvgIpc) is 2.68. The first-order valence-electron chi connectivity index (χ1n) is 8.75. The summed E-state index contributed by atoms with van der Waals surface area (Å²) in [7, 11) is 0. The van der Waals surface area contributed by atoms with Gasteiger partial charge in [-0.3, -0.25) is 0 Å². The Balaban J connectivity index is 1.93. The van der Waals surface area contributed by atoms with Crippen molar-refractivity contribution in [3.05, 3.63) is 64.9 Å². The van der Waals surface area contributed by atoms with Crippen molar-refractivity contribution in [2.45, 2.75) is 26.4 Å². The largest absolute Gasteiger partial charge is 0.461 e. The van der Waals surface area contributed by atoms with Crippen molar-refractivity contribution in [3.63, 3.8) is 0 Å². The van der Waals surface area contributed by atoms with Crippen molar-refractivity contribution in [3.8, 4) is 11.5 Å². The molecule has 0 fully saturated rings. The van der Waals surface area contributed by atoms with Gasteiger partial charge in [0.1, 0.15) is 11.5 Å². The van der Waals surface area contributed by atoms with E-state index in [0.717, 1.165) is 18.2 Å². The molecule has 1 aromatic heterocycles. The molecule has 0 spiro atoms. The lowest BCUT2D eigenvalue weighted by Crippen LogP contribution is -2.12. The molecule has 0 amide bonds. The normalized spacial score (nSPS) is 10.8. The van der Waals surface area contributed by atoms with Crippen LogP contribution in [0.1, 0.15) is 35.8 Å². The first kappa shape index (κ1) is 19.1. The summed E-state index contributed by atoms with van der Waals surface area (Å²) in [6, 6.07) is 12.4. The van der Waals surface area contributed by atoms with Crippen LogP contribution in [-0.2, 0) is 11.3 Å². The number of unbranched alkanes of at least 4 members (excludes halogenated alkanes) is 1. The molecule has 0 saturated heterocycles. The third kappa shape index (κ3) is 4.56. The van der Waals surface area contributed by atoms with E-state index in [1.807, 2.05) is 13.0 Å². The van der Waals surface area contributed by atoms with Crippen LogP contribution < -0.4 is 4.74 Å². The second kappa shape index (κ2) is 8.84. The van der Waals surface area contributed by atoms with Crippen LogP contribution in [0.2, 0.25) is 5.02 Å². The Bertz CT molecular complexity index is 941. The lowest BCUT2D eigenvalue weighted by atomic mass is 10.0. The van der Waals surface area contributed by atoms with Gasteiger partial charge in [-0.25, -0.2) is 9.78 Å². The highest BCUT2D eigenvalue weighted by molar-refractivity contribution is 6.30. The fraction of sp³-hybridized carbons (Fsp3) is 0.238. The Kier molecular flexibility index (Phi) is 6.27. The van der Waals surface area contributed by atoms with Crippen molar-refractivity contribution >= 4 is 28.3 Å². The molecule has 5 nitrogen and oxygen atoms in total. The van der Waals surface area contributed by atoms with Crippen LogP contribution in [0.5, 0.6) is 11.5 Å². The number of aromatic nitrogens is 1. The summed E-state index contributed by atoms with van der Waals surface area (Å²) >= 11 is 5.89. The quantitative estimate of drug-likeness (QED) is 0.451. The number of esters is 1. The number of rotatable bonds is 7. The molecular formula is C21H20ClNO4. The van der Waals surface area contributed by atoms with Crippen LogP contribution in [0, 0.1) is 0 Å². The molecule has 0 saturated carbocycles. The summed E-state index contributed by atoms with van der Waals surface area (Å²) in [5, 5.41) is 12.0. The van der Waals surface area contributed by atoms with Gasteiger partial charge in [-0.1, -0.05) is 24.9 Å². The number of ether oxygens (including phenoxy) is 2. The molecule has 27 heavy (non-hydrogen) atoms. The minimum Gasteiger partial charge on any atom is -0.461 e. The smallest absolute Gasteiger partial charge is 0.357 e. The first-order valence-corrected chi connectivity index (χ1v) is 9.13. The predicted octanol–water partition coefficient (Wildman–Crippen LogP) is 5.13. The van der Waals surface area contributed by atoms with Gasteiger partial charge in [0.2, 0.25) is 0 Å². The number of nitrogens with zero attached hydrogens (tertiary/aromatic N) is 1. The van der Waals surface area contributed by atoms with Crippen molar-refractivity contribution in [2.24, 2.45) is 0 Å². The summed E-state index contributed by atoms with van der Waals surface area (Å²) in [6.45, 7) is 2.02. The Labute approximate surface area is 162 Å². The molecule has 140 valence electrons. The maximum Gasteiger partial charge on any atom is 0.357 e. The van der Waals surface area contributed by atoms with E-state index in [4.69, 9.17) is 21.1 Å². The monoisotopic (exact) mass is 385 g/mol. The first-order chi connectivity index (χ1) is 13.1. The van der Waals surface area contributed by atoms with E-state index >= 15 is 0 Å². The number of benzene rings is 2. The molecule has 0 aliphatic heterocycles. The van der Waals surface area contributed by atoms with E-state index in [-0.39, 0.29) is 12.3 Å². The predicted molar refractivity (Wildman–Crippen MR) is 104 cm³/mol. The zero-order valence-corrected chi connectivity index (χ0v) is 15.7. The zero-order chi connectivity index (χ0) is 19.2. The van der Waals surface area contributed by atoms with Gasteiger partial charge in [-0.15, -0.1) is 0 Å². The minimum absolute atomic E-state index is 0.129. The maximum absolute atomic E-state index is 12.3. The number of aliphatic hydroxyl groups is 1. The number of carbonyl (C=O) groups is 1. The van der Waals surface area contributed by atoms with E-state index in [1.54, 1.807) is 42.6 Å². The molecule has 3 aromatic rings. The molecule has 0 bridgehead atoms. The highest BCUT2D eigenvalue weighted by Gasteiger charge is 2.17. The van der Waals surface area contributed by atoms with Gasteiger partial charge in [0.15, 0.2) is 5.69 Å². The Hall–Kier alpha value is -2.63. The van der Waals surface area contributed by atoms with Crippen LogP contribution in [0.15, 0.2) is 48.7 Å². The number of pyridine rings is 1. The van der Waals surface area contributed by atoms with Gasteiger partial charge < -0.3 is 14.6 Å². The lowest BCUT2D eigenvalue weighted by Gasteiger charge is -2.12. The summed E-state index contributed by atoms with van der Waals surface area (Å²) in [6.07, 6.45) is 3.31. The highest BCUT2D eigenvalue weighted by Crippen LogP contribution is 2.29. The van der Waals surface area contributed by atoms with Crippen molar-refractivity contribution in [2.75, 3.05) is 6.61 Å². The van der Waals surface area contributed by atoms with Crippen molar-refractivity contribution in [1.82, 2.24) is 4.98 Å². The lowest BCUT2D eigenvalue weighted by molar-refractivity contribution is 0.0489. The molecule has 3 rings (SSSR count). The van der Waals surface area contributed by atoms with Gasteiger partial charge in [-0.2, -0.15) is 0 Å². The second-order valence-electron chi connectivity index (χ2n) is 6.04. The summed E-state index contributed by atoms with van der Waals surface area (Å²) < 4.78 is 11.1. The molecule has 0 aliphatic rings. The molecule has 0 aliphatic carbocycles. The fourth-order valence-corrected chi connectivity index (χ4v) is 2.79. The van der Waals surface area contributed by atoms with E-state index in [2.05, 4.69) is 4.98 Å². The number of hydrogen-bond donors (Lipinski definition) is 1. The highest BCUT2D eigenvalue weighted by atomic mass is 35.5. The molecule has 6 heteroatoms. The zero-order valence-electron chi connectivity index (χ0n) is 14.9. The van der Waals surface area contributed by atoms with Gasteiger partial charge in [-0.05, 0) is 54.3 Å². The summed E-state index contributed by atoms with van der Waals surface area (Å²) in [5.41, 5.74) is 0.556. The van der Waals surface area contributed by atoms with Gasteiger partial charge in [0, 0.05) is 22.2 Å². The number of halogens is 1. The SMILES string of the molecule is CCCCOC(=O)c1ncc2ccc(Oc3ccc(Cl)cc3)cc2c1CO. The Morgan fingerprint density at radius 1 is 1.15 bits per heavy atom. The third-order valence-electron chi connectivity index (χ3n) is 4.10. The Morgan fingerprint density at radius 3 is 2.59 bits per heavy atom. The van der Waals surface area contributed by atoms with E-state index in [0.29, 0.717) is 34.1 Å². The van der Waals surface area contributed by atoms with E-state index in [1.165, 1.54) is 0 Å². The molecule has 0 radical (unpaired) electrons. The summed E-state index contributed by atoms with van der Waals surface area (Å²) in [5.74, 6) is 0.687. The van der Waals surface area contributed by atoms with Crippen molar-refractivity contribution in [1.29, 1.82) is 0 Å². The molecule has 0 unspecified atom stereocenters. The average molecular weight is 386 g/mol. The van der Waals surface area contributed by atoms with Crippen LogP contribution in [0.4, 0.5) is 0 Å². The molecule has 1 heterocycles. The summed E-state index contributed by atoms with van der Waals surface area (Å²) in [4.78, 5) is 16.5. The minimum atomic E-state index is -0.529. The van der Waals surface area contributed by atoms with E-state index in [9.17, 15) is 9.90 Å². The van der Waals surface area contributed by atoms with Gasteiger partial charge in [0.25, 0.3) is 0 Å². The van der Waals surface area contributed by atoms with Gasteiger partial charge in [0.05, 0.1) is 13.2 Å². The molecule has 1 N–H and O–H groups in total. The van der Waals surface area contributed by atoms with Crippen molar-refractivity contribution < 1.29 is 19.4 Å². The van der Waals surface area contributed by atoms with E-state index < -0.39 is 5.97 Å². The van der Waals surface area contributed by atoms with Crippen LogP contribution in [0.3, 0.4) is 0 Å². The number of aliphatic hydroxyl groups excluding tert-OH is 1. The number of fused-ring (bicyclic) bond motifs is 1. The number of hydrogen-bond acceptors (Lipinski definition) is 5. The standard InChI is InChI=1S/C21H20ClNO4/c1-2-3-10-26-21(25)20-19(13-24)18-11-17(7-4-14(18)12-23-20)27-16-8-5-15(22)6-9-16/h4-9,11-12,24H,2-3,10,13H2,1H3. The Morgan fingerprint density at radius 2 is 1.89 bits per heavy atom. The van der Waals surface area contributed by atoms with Crippen LogP contribution in [-0.4, -0.2) is 22.7 Å². The molecule has 2 aromatic carbocycles. The molecule has 0 atom stereocenters. The molecular weight excluding hydrogens is 366 g/mol. The maximum atomic E-state index is 12.3. The fourth-order valence-electron chi connectivity index (χ4n) is 2.66. The van der Waals surface area contributed by atoms with Gasteiger partial charge >= 0.3 is 5.97 Å². The van der Waals surface area contributed by atoms with Crippen LogP contribution >= 0.6 is 11.6 Å². The topological polar surface area (TPSA) is 68.7 Å². The third-order valence-corrected chi connectivity index (χ3v) is 4.35.